The van der Waals surface area contributed by atoms with Gasteiger partial charge in [-0.2, -0.15) is 0 Å². The summed E-state index contributed by atoms with van der Waals surface area (Å²) in [6, 6.07) is 1.38. The van der Waals surface area contributed by atoms with Crippen LogP contribution in [0.15, 0.2) is 6.07 Å². The van der Waals surface area contributed by atoms with E-state index in [2.05, 4.69) is 5.10 Å². The fourth-order valence-electron chi connectivity index (χ4n) is 0.817. The highest BCUT2D eigenvalue weighted by molar-refractivity contribution is 6.29. The molecule has 0 atom stereocenters. The number of carbonyl (C=O) groups excluding carboxylic acids is 1. The zero-order valence-corrected chi connectivity index (χ0v) is 9.00. The van der Waals surface area contributed by atoms with E-state index < -0.39 is 11.7 Å². The number of ether oxygens (including phenoxy) is 1. The van der Waals surface area contributed by atoms with Gasteiger partial charge >= 0.3 is 6.09 Å². The van der Waals surface area contributed by atoms with Crippen molar-refractivity contribution in [1.82, 2.24) is 9.78 Å². The molecule has 0 aromatic carbocycles. The maximum Gasteiger partial charge on any atom is 0.437 e. The van der Waals surface area contributed by atoms with Gasteiger partial charge in [0.15, 0.2) is 5.15 Å². The van der Waals surface area contributed by atoms with E-state index in [-0.39, 0.29) is 11.0 Å². The van der Waals surface area contributed by atoms with Crippen LogP contribution in [-0.2, 0) is 4.74 Å². The number of anilines is 1. The van der Waals surface area contributed by atoms with Gasteiger partial charge in [-0.25, -0.2) is 4.79 Å². The first-order valence-electron chi connectivity index (χ1n) is 4.04. The molecule has 0 bridgehead atoms. The normalized spacial score (nSPS) is 11.4. The van der Waals surface area contributed by atoms with Crippen LogP contribution >= 0.6 is 11.6 Å². The monoisotopic (exact) mass is 217 g/mol. The number of hydrogen-bond donors (Lipinski definition) is 1. The summed E-state index contributed by atoms with van der Waals surface area (Å²) in [6.45, 7) is 5.27. The van der Waals surface area contributed by atoms with Crippen molar-refractivity contribution in [3.05, 3.63) is 11.2 Å². The number of nitrogens with zero attached hydrogens (tertiary/aromatic N) is 2. The largest absolute Gasteiger partial charge is 0.442 e. The fourth-order valence-corrected chi connectivity index (χ4v) is 1.00. The van der Waals surface area contributed by atoms with Crippen molar-refractivity contribution in [2.24, 2.45) is 0 Å². The number of halogens is 1. The fraction of sp³-hybridized carbons (Fsp3) is 0.500. The van der Waals surface area contributed by atoms with Gasteiger partial charge in [0, 0.05) is 6.07 Å². The van der Waals surface area contributed by atoms with E-state index in [1.165, 1.54) is 6.07 Å². The van der Waals surface area contributed by atoms with E-state index in [0.29, 0.717) is 0 Å². The summed E-state index contributed by atoms with van der Waals surface area (Å²) in [7, 11) is 0. The molecule has 1 aromatic heterocycles. The Hall–Kier alpha value is -1.23. The molecule has 0 aliphatic heterocycles. The Morgan fingerprint density at radius 1 is 1.64 bits per heavy atom. The van der Waals surface area contributed by atoms with E-state index in [9.17, 15) is 4.79 Å². The molecular weight excluding hydrogens is 206 g/mol. The smallest absolute Gasteiger partial charge is 0.437 e. The summed E-state index contributed by atoms with van der Waals surface area (Å²) in [5.74, 6) is 0.157. The van der Waals surface area contributed by atoms with Crippen LogP contribution < -0.4 is 5.73 Å². The van der Waals surface area contributed by atoms with Gasteiger partial charge < -0.3 is 10.5 Å². The van der Waals surface area contributed by atoms with Crippen LogP contribution in [0.4, 0.5) is 10.6 Å². The van der Waals surface area contributed by atoms with E-state index >= 15 is 0 Å². The number of nitrogen functional groups attached to an aromatic ring is 1. The minimum Gasteiger partial charge on any atom is -0.442 e. The maximum absolute atomic E-state index is 11.4. The molecule has 0 saturated carbocycles. The highest BCUT2D eigenvalue weighted by Gasteiger charge is 2.20. The van der Waals surface area contributed by atoms with Crippen LogP contribution in [0, 0.1) is 0 Å². The Morgan fingerprint density at radius 3 is 2.57 bits per heavy atom. The molecule has 0 fully saturated rings. The zero-order chi connectivity index (χ0) is 10.9. The van der Waals surface area contributed by atoms with E-state index in [0.717, 1.165) is 4.68 Å². The Morgan fingerprint density at radius 2 is 2.21 bits per heavy atom. The minimum atomic E-state index is -0.637. The molecule has 0 saturated heterocycles. The molecule has 1 rings (SSSR count). The average molecular weight is 218 g/mol. The molecule has 0 aliphatic rings. The van der Waals surface area contributed by atoms with Gasteiger partial charge in [-0.1, -0.05) is 11.6 Å². The molecule has 1 aromatic rings. The third-order valence-corrected chi connectivity index (χ3v) is 1.46. The van der Waals surface area contributed by atoms with Gasteiger partial charge in [0.2, 0.25) is 0 Å². The highest BCUT2D eigenvalue weighted by atomic mass is 35.5. The number of carbonyl (C=O) groups is 1. The first kappa shape index (κ1) is 10.8. The van der Waals surface area contributed by atoms with E-state index in [1.54, 1.807) is 20.8 Å². The van der Waals surface area contributed by atoms with Crippen LogP contribution in [0.25, 0.3) is 0 Å². The van der Waals surface area contributed by atoms with Crippen molar-refractivity contribution < 1.29 is 9.53 Å². The van der Waals surface area contributed by atoms with Crippen molar-refractivity contribution in [1.29, 1.82) is 0 Å². The van der Waals surface area contributed by atoms with Crippen molar-refractivity contribution in [3.8, 4) is 0 Å². The molecule has 0 radical (unpaired) electrons. The molecule has 6 heteroatoms. The van der Waals surface area contributed by atoms with Gasteiger partial charge in [-0.15, -0.1) is 9.78 Å². The Kier molecular flexibility index (Phi) is 2.71. The van der Waals surface area contributed by atoms with Gasteiger partial charge in [0.1, 0.15) is 11.4 Å². The van der Waals surface area contributed by atoms with Gasteiger partial charge in [0.05, 0.1) is 0 Å². The molecule has 14 heavy (non-hydrogen) atoms. The lowest BCUT2D eigenvalue weighted by atomic mass is 10.2. The lowest BCUT2D eigenvalue weighted by Gasteiger charge is -2.19. The summed E-state index contributed by atoms with van der Waals surface area (Å²) < 4.78 is 5.96. The molecule has 78 valence electrons. The molecule has 0 unspecified atom stereocenters. The van der Waals surface area contributed by atoms with Crippen molar-refractivity contribution in [2.75, 3.05) is 5.73 Å². The van der Waals surface area contributed by atoms with Crippen LogP contribution in [-0.4, -0.2) is 21.5 Å². The molecule has 0 spiro atoms. The van der Waals surface area contributed by atoms with Crippen LogP contribution in [0.2, 0.25) is 5.15 Å². The second kappa shape index (κ2) is 3.49. The first-order valence-corrected chi connectivity index (χ1v) is 4.42. The minimum absolute atomic E-state index is 0.157. The molecule has 0 amide bonds. The highest BCUT2D eigenvalue weighted by Crippen LogP contribution is 2.14. The SMILES string of the molecule is CC(C)(C)OC(=O)n1nc(Cl)cc1N. The number of aromatic nitrogens is 2. The molecule has 5 nitrogen and oxygen atoms in total. The lowest BCUT2D eigenvalue weighted by Crippen LogP contribution is -2.28. The molecule has 2 N–H and O–H groups in total. The molecular formula is C8H12ClN3O2. The predicted molar refractivity (Wildman–Crippen MR) is 53.3 cm³/mol. The third kappa shape index (κ3) is 2.63. The Balaban J connectivity index is 2.85. The summed E-state index contributed by atoms with van der Waals surface area (Å²) in [5.41, 5.74) is 4.89. The lowest BCUT2D eigenvalue weighted by molar-refractivity contribution is 0.0519. The van der Waals surface area contributed by atoms with Gasteiger partial charge in [0.25, 0.3) is 0 Å². The van der Waals surface area contributed by atoms with Crippen LogP contribution in [0.3, 0.4) is 0 Å². The van der Waals surface area contributed by atoms with E-state index in [1.807, 2.05) is 0 Å². The zero-order valence-electron chi connectivity index (χ0n) is 8.24. The number of hydrogen-bond acceptors (Lipinski definition) is 4. The third-order valence-electron chi connectivity index (χ3n) is 1.27. The summed E-state index contributed by atoms with van der Waals surface area (Å²) in [6.07, 6.45) is -0.637. The van der Waals surface area contributed by atoms with Crippen molar-refractivity contribution >= 4 is 23.5 Å². The summed E-state index contributed by atoms with van der Waals surface area (Å²) in [4.78, 5) is 11.4. The number of nitrogens with two attached hydrogens (primary N) is 1. The molecule has 0 aliphatic carbocycles. The Labute approximate surface area is 86.8 Å². The molecule has 1 heterocycles. The summed E-state index contributed by atoms with van der Waals surface area (Å²) in [5, 5.41) is 3.84. The maximum atomic E-state index is 11.4. The van der Waals surface area contributed by atoms with Crippen LogP contribution in [0.5, 0.6) is 0 Å². The topological polar surface area (TPSA) is 70.1 Å². The van der Waals surface area contributed by atoms with Crippen molar-refractivity contribution in [2.45, 2.75) is 26.4 Å². The number of rotatable bonds is 0. The first-order chi connectivity index (χ1) is 6.29. The van der Waals surface area contributed by atoms with Gasteiger partial charge in [-0.3, -0.25) is 0 Å². The second-order valence-corrected chi connectivity index (χ2v) is 4.17. The Bertz CT molecular complexity index is 354. The van der Waals surface area contributed by atoms with Crippen LogP contribution in [0.1, 0.15) is 20.8 Å². The van der Waals surface area contributed by atoms with Crippen molar-refractivity contribution in [3.63, 3.8) is 0 Å². The predicted octanol–water partition coefficient (Wildman–Crippen LogP) is 1.90. The van der Waals surface area contributed by atoms with E-state index in [4.69, 9.17) is 22.1 Å². The summed E-state index contributed by atoms with van der Waals surface area (Å²) >= 11 is 5.56. The quantitative estimate of drug-likeness (QED) is 0.721. The standard InChI is InChI=1S/C8H12ClN3O2/c1-8(2,3)14-7(13)12-6(10)4-5(9)11-12/h4H,10H2,1-3H3. The average Bonchev–Trinajstić information content (AvgIpc) is 2.26. The second-order valence-electron chi connectivity index (χ2n) is 3.78. The van der Waals surface area contributed by atoms with Gasteiger partial charge in [-0.05, 0) is 20.8 Å².